The number of nitrogens with one attached hydrogen (secondary N) is 1. The van der Waals surface area contributed by atoms with Gasteiger partial charge in [-0.2, -0.15) is 0 Å². The molecular formula is C16H15Cl2N3O5S. The van der Waals surface area contributed by atoms with Crippen molar-refractivity contribution in [3.63, 3.8) is 0 Å². The molecule has 0 heterocycles. The van der Waals surface area contributed by atoms with Gasteiger partial charge in [0, 0.05) is 6.07 Å². The van der Waals surface area contributed by atoms with E-state index in [0.29, 0.717) is 0 Å². The third-order valence-corrected chi connectivity index (χ3v) is 5.60. The summed E-state index contributed by atoms with van der Waals surface area (Å²) in [5, 5.41) is 13.6. The molecule has 27 heavy (non-hydrogen) atoms. The van der Waals surface area contributed by atoms with Gasteiger partial charge >= 0.3 is 0 Å². The van der Waals surface area contributed by atoms with E-state index in [1.807, 2.05) is 0 Å². The van der Waals surface area contributed by atoms with Crippen LogP contribution in [0.2, 0.25) is 10.0 Å². The van der Waals surface area contributed by atoms with Crippen LogP contribution in [0, 0.1) is 17.0 Å². The van der Waals surface area contributed by atoms with Crippen LogP contribution in [0.4, 0.5) is 17.1 Å². The fraction of sp³-hybridized carbons (Fsp3) is 0.188. The van der Waals surface area contributed by atoms with E-state index in [1.54, 1.807) is 0 Å². The van der Waals surface area contributed by atoms with Crippen LogP contribution in [0.5, 0.6) is 0 Å². The van der Waals surface area contributed by atoms with Gasteiger partial charge in [0.15, 0.2) is 0 Å². The van der Waals surface area contributed by atoms with Gasteiger partial charge in [0.05, 0.1) is 38.2 Å². The molecule has 11 heteroatoms. The predicted octanol–water partition coefficient (Wildman–Crippen LogP) is 3.61. The first-order chi connectivity index (χ1) is 12.5. The molecule has 2 rings (SSSR count). The molecule has 0 bridgehead atoms. The van der Waals surface area contributed by atoms with Gasteiger partial charge in [-0.25, -0.2) is 8.42 Å². The summed E-state index contributed by atoms with van der Waals surface area (Å²) < 4.78 is 25.1. The van der Waals surface area contributed by atoms with Crippen LogP contribution in [0.3, 0.4) is 0 Å². The number of nitrogens with zero attached hydrogens (tertiary/aromatic N) is 2. The van der Waals surface area contributed by atoms with Gasteiger partial charge in [-0.05, 0) is 25.1 Å². The number of rotatable bonds is 6. The molecule has 0 aromatic heterocycles. The Labute approximate surface area is 165 Å². The fourth-order valence-corrected chi connectivity index (χ4v) is 3.65. The molecule has 0 aliphatic rings. The number of anilines is 2. The van der Waals surface area contributed by atoms with E-state index < -0.39 is 27.4 Å². The molecule has 2 aromatic carbocycles. The Morgan fingerprint density at radius 1 is 1.22 bits per heavy atom. The van der Waals surface area contributed by atoms with Gasteiger partial charge in [0.1, 0.15) is 6.54 Å². The summed E-state index contributed by atoms with van der Waals surface area (Å²) in [7, 11) is -3.86. The number of halogens is 2. The molecule has 0 aliphatic carbocycles. The van der Waals surface area contributed by atoms with Crippen molar-refractivity contribution in [2.45, 2.75) is 6.92 Å². The lowest BCUT2D eigenvalue weighted by Gasteiger charge is -2.23. The van der Waals surface area contributed by atoms with Crippen LogP contribution < -0.4 is 9.62 Å². The van der Waals surface area contributed by atoms with Crippen molar-refractivity contribution in [3.05, 3.63) is 62.1 Å². The summed E-state index contributed by atoms with van der Waals surface area (Å²) in [5.74, 6) is -0.694. The zero-order valence-corrected chi connectivity index (χ0v) is 16.6. The van der Waals surface area contributed by atoms with Crippen molar-refractivity contribution in [1.82, 2.24) is 0 Å². The molecule has 0 aliphatic heterocycles. The second-order valence-electron chi connectivity index (χ2n) is 5.60. The highest BCUT2D eigenvalue weighted by Gasteiger charge is 2.24. The second kappa shape index (κ2) is 8.12. The molecule has 0 atom stereocenters. The van der Waals surface area contributed by atoms with E-state index in [0.717, 1.165) is 10.6 Å². The highest BCUT2D eigenvalue weighted by atomic mass is 35.5. The van der Waals surface area contributed by atoms with Gasteiger partial charge < -0.3 is 5.32 Å². The maximum Gasteiger partial charge on any atom is 0.274 e. The van der Waals surface area contributed by atoms with E-state index in [-0.39, 0.29) is 32.7 Å². The first-order valence-electron chi connectivity index (χ1n) is 7.48. The molecule has 1 N–H and O–H groups in total. The Hall–Kier alpha value is -2.36. The summed E-state index contributed by atoms with van der Waals surface area (Å²) in [6.07, 6.45) is 0.927. The van der Waals surface area contributed by atoms with Crippen LogP contribution in [0.25, 0.3) is 0 Å². The standard InChI is InChI=1S/C16H15Cl2N3O5S/c1-10-12(6-4-7-13(10)21(23)24)19-15(22)9-20(27(2,25)26)14-8-3-5-11(17)16(14)18/h3-8H,9H2,1-2H3,(H,19,22). The average Bonchev–Trinajstić information content (AvgIpc) is 2.56. The maximum atomic E-state index is 12.4. The molecule has 0 radical (unpaired) electrons. The summed E-state index contributed by atoms with van der Waals surface area (Å²) in [5.41, 5.74) is 0.352. The lowest BCUT2D eigenvalue weighted by Crippen LogP contribution is -2.37. The largest absolute Gasteiger partial charge is 0.324 e. The Morgan fingerprint density at radius 3 is 2.44 bits per heavy atom. The number of nitro benzene ring substituents is 1. The number of nitro groups is 1. The van der Waals surface area contributed by atoms with Crippen LogP contribution in [-0.2, 0) is 14.8 Å². The third kappa shape index (κ3) is 4.88. The van der Waals surface area contributed by atoms with Gasteiger partial charge in [-0.15, -0.1) is 0 Å². The van der Waals surface area contributed by atoms with E-state index in [9.17, 15) is 23.3 Å². The second-order valence-corrected chi connectivity index (χ2v) is 8.29. The van der Waals surface area contributed by atoms with Crippen LogP contribution in [0.1, 0.15) is 5.56 Å². The van der Waals surface area contributed by atoms with Gasteiger partial charge in [-0.1, -0.05) is 35.3 Å². The summed E-state index contributed by atoms with van der Waals surface area (Å²) in [6, 6.07) is 8.62. The summed E-state index contributed by atoms with van der Waals surface area (Å²) >= 11 is 12.0. The lowest BCUT2D eigenvalue weighted by atomic mass is 10.1. The molecule has 144 valence electrons. The van der Waals surface area contributed by atoms with E-state index in [1.165, 1.54) is 43.3 Å². The van der Waals surface area contributed by atoms with Crippen molar-refractivity contribution >= 4 is 56.2 Å². The topological polar surface area (TPSA) is 110 Å². The SMILES string of the molecule is Cc1c(NC(=O)CN(c2cccc(Cl)c2Cl)S(C)(=O)=O)cccc1[N+](=O)[O-]. The summed E-state index contributed by atoms with van der Waals surface area (Å²) in [4.78, 5) is 22.8. The molecule has 0 unspecified atom stereocenters. The van der Waals surface area contributed by atoms with Crippen molar-refractivity contribution in [1.29, 1.82) is 0 Å². The Bertz CT molecular complexity index is 1010. The smallest absolute Gasteiger partial charge is 0.274 e. The zero-order valence-electron chi connectivity index (χ0n) is 14.3. The number of amides is 1. The van der Waals surface area contributed by atoms with Crippen LogP contribution in [0.15, 0.2) is 36.4 Å². The third-order valence-electron chi connectivity index (χ3n) is 3.66. The number of carbonyl (C=O) groups is 1. The molecule has 0 saturated heterocycles. The molecule has 0 spiro atoms. The van der Waals surface area contributed by atoms with E-state index in [4.69, 9.17) is 23.2 Å². The zero-order chi connectivity index (χ0) is 20.4. The first kappa shape index (κ1) is 20.9. The quantitative estimate of drug-likeness (QED) is 0.554. The van der Waals surface area contributed by atoms with Crippen LogP contribution >= 0.6 is 23.2 Å². The Morgan fingerprint density at radius 2 is 1.85 bits per heavy atom. The number of hydrogen-bond acceptors (Lipinski definition) is 5. The molecule has 2 aromatic rings. The minimum atomic E-state index is -3.86. The van der Waals surface area contributed by atoms with Crippen molar-refractivity contribution < 1.29 is 18.1 Å². The fourth-order valence-electron chi connectivity index (χ4n) is 2.34. The van der Waals surface area contributed by atoms with Crippen LogP contribution in [-0.4, -0.2) is 32.0 Å². The maximum absolute atomic E-state index is 12.4. The highest BCUT2D eigenvalue weighted by molar-refractivity contribution is 7.92. The van der Waals surface area contributed by atoms with Crippen molar-refractivity contribution in [2.75, 3.05) is 22.4 Å². The lowest BCUT2D eigenvalue weighted by molar-refractivity contribution is -0.385. The molecule has 0 saturated carbocycles. The van der Waals surface area contributed by atoms with E-state index >= 15 is 0 Å². The van der Waals surface area contributed by atoms with E-state index in [2.05, 4.69) is 5.32 Å². The van der Waals surface area contributed by atoms with Gasteiger partial charge in [0.2, 0.25) is 15.9 Å². The van der Waals surface area contributed by atoms with Gasteiger partial charge in [-0.3, -0.25) is 19.2 Å². The molecular weight excluding hydrogens is 417 g/mol. The normalized spacial score (nSPS) is 11.1. The molecule has 0 fully saturated rings. The monoisotopic (exact) mass is 431 g/mol. The highest BCUT2D eigenvalue weighted by Crippen LogP contribution is 2.33. The average molecular weight is 432 g/mol. The minimum Gasteiger partial charge on any atom is -0.324 e. The predicted molar refractivity (Wildman–Crippen MR) is 105 cm³/mol. The number of sulfonamides is 1. The molecule has 8 nitrogen and oxygen atoms in total. The Balaban J connectivity index is 2.32. The molecule has 1 amide bonds. The van der Waals surface area contributed by atoms with Crippen molar-refractivity contribution in [3.8, 4) is 0 Å². The minimum absolute atomic E-state index is 0.0103. The first-order valence-corrected chi connectivity index (χ1v) is 10.1. The summed E-state index contributed by atoms with van der Waals surface area (Å²) in [6.45, 7) is 0.900. The van der Waals surface area contributed by atoms with Gasteiger partial charge in [0.25, 0.3) is 5.69 Å². The number of hydrogen-bond donors (Lipinski definition) is 1. The Kier molecular flexibility index (Phi) is 6.30. The number of benzene rings is 2. The van der Waals surface area contributed by atoms with Crippen molar-refractivity contribution in [2.24, 2.45) is 0 Å². The number of carbonyl (C=O) groups excluding carboxylic acids is 1.